The summed E-state index contributed by atoms with van der Waals surface area (Å²) in [6.07, 6.45) is 2.57. The van der Waals surface area contributed by atoms with Gasteiger partial charge in [0.25, 0.3) is 0 Å². The summed E-state index contributed by atoms with van der Waals surface area (Å²) < 4.78 is 12.9. The van der Waals surface area contributed by atoms with E-state index in [1.165, 1.54) is 6.07 Å². The molecule has 1 aliphatic carbocycles. The van der Waals surface area contributed by atoms with Gasteiger partial charge in [-0.1, -0.05) is 6.07 Å². The molecule has 0 aliphatic heterocycles. The molecule has 70 valence electrons. The molecular weight excluding hydrogens is 169 g/mol. The topological polar surface area (TPSA) is 46.2 Å². The van der Waals surface area contributed by atoms with Gasteiger partial charge in [-0.3, -0.25) is 0 Å². The lowest BCUT2D eigenvalue weighted by molar-refractivity contribution is 0.416. The van der Waals surface area contributed by atoms with E-state index in [0.29, 0.717) is 5.56 Å². The van der Waals surface area contributed by atoms with Crippen molar-refractivity contribution in [2.45, 2.75) is 25.3 Å². The molecule has 0 unspecified atom stereocenters. The Bertz CT molecular complexity index is 338. The third-order valence-electron chi connectivity index (χ3n) is 2.61. The summed E-state index contributed by atoms with van der Waals surface area (Å²) in [7, 11) is 0. The van der Waals surface area contributed by atoms with E-state index >= 15 is 0 Å². The average Bonchev–Trinajstić information content (AvgIpc) is 2.12. The van der Waals surface area contributed by atoms with E-state index in [1.807, 2.05) is 0 Å². The second-order valence-electron chi connectivity index (χ2n) is 3.46. The van der Waals surface area contributed by atoms with Crippen LogP contribution in [0, 0.1) is 5.82 Å². The molecule has 0 saturated carbocycles. The lowest BCUT2D eigenvalue weighted by Crippen LogP contribution is -2.17. The summed E-state index contributed by atoms with van der Waals surface area (Å²) in [6, 6.07) is 2.91. The zero-order valence-electron chi connectivity index (χ0n) is 7.26. The lowest BCUT2D eigenvalue weighted by Gasteiger charge is -2.22. The predicted octanol–water partition coefficient (Wildman–Crippen LogP) is 1.87. The van der Waals surface area contributed by atoms with Crippen molar-refractivity contribution in [3.8, 4) is 5.75 Å². The van der Waals surface area contributed by atoms with Gasteiger partial charge in [0.2, 0.25) is 0 Å². The Kier molecular flexibility index (Phi) is 1.96. The highest BCUT2D eigenvalue weighted by atomic mass is 19.1. The number of rotatable bonds is 0. The number of hydrogen-bond donors (Lipinski definition) is 2. The fourth-order valence-corrected chi connectivity index (χ4v) is 1.89. The minimum Gasteiger partial charge on any atom is -0.505 e. The Morgan fingerprint density at radius 1 is 1.46 bits per heavy atom. The first-order valence-corrected chi connectivity index (χ1v) is 4.46. The first-order chi connectivity index (χ1) is 6.20. The lowest BCUT2D eigenvalue weighted by atomic mass is 9.87. The Morgan fingerprint density at radius 2 is 2.23 bits per heavy atom. The highest BCUT2D eigenvalue weighted by molar-refractivity contribution is 5.43. The molecular formula is C10H12FNO. The molecule has 0 spiro atoms. The van der Waals surface area contributed by atoms with Gasteiger partial charge in [-0.2, -0.15) is 0 Å². The molecule has 0 bridgehead atoms. The minimum atomic E-state index is -0.548. The van der Waals surface area contributed by atoms with Crippen molar-refractivity contribution in [1.29, 1.82) is 0 Å². The van der Waals surface area contributed by atoms with E-state index in [0.717, 1.165) is 24.8 Å². The van der Waals surface area contributed by atoms with Gasteiger partial charge in [-0.15, -0.1) is 0 Å². The molecule has 0 aromatic heterocycles. The first-order valence-electron chi connectivity index (χ1n) is 4.46. The molecule has 3 N–H and O–H groups in total. The van der Waals surface area contributed by atoms with Crippen LogP contribution in [0.1, 0.15) is 30.0 Å². The van der Waals surface area contributed by atoms with Gasteiger partial charge in [0.05, 0.1) is 0 Å². The summed E-state index contributed by atoms with van der Waals surface area (Å²) >= 11 is 0. The summed E-state index contributed by atoms with van der Waals surface area (Å²) in [6.45, 7) is 0. The first kappa shape index (κ1) is 8.51. The maximum Gasteiger partial charge on any atom is 0.165 e. The van der Waals surface area contributed by atoms with E-state index < -0.39 is 5.82 Å². The molecule has 0 saturated heterocycles. The standard InChI is InChI=1S/C10H12FNO/c11-8-5-4-6-7(10(8)13)2-1-3-9(6)12/h4-5,9,13H,1-3,12H2/t9-/m1/s1. The molecule has 1 atom stereocenters. The quantitative estimate of drug-likeness (QED) is 0.641. The van der Waals surface area contributed by atoms with Gasteiger partial charge in [0.1, 0.15) is 0 Å². The number of benzene rings is 1. The van der Waals surface area contributed by atoms with Crippen molar-refractivity contribution >= 4 is 0 Å². The second kappa shape index (κ2) is 3.00. The average molecular weight is 181 g/mol. The van der Waals surface area contributed by atoms with Crippen molar-refractivity contribution in [3.63, 3.8) is 0 Å². The summed E-state index contributed by atoms with van der Waals surface area (Å²) in [5.74, 6) is -0.763. The normalized spacial score (nSPS) is 21.2. The Labute approximate surface area is 76.2 Å². The van der Waals surface area contributed by atoms with E-state index in [1.54, 1.807) is 6.07 Å². The van der Waals surface area contributed by atoms with E-state index in [2.05, 4.69) is 0 Å². The molecule has 0 fully saturated rings. The van der Waals surface area contributed by atoms with Gasteiger partial charge in [0.15, 0.2) is 11.6 Å². The van der Waals surface area contributed by atoms with Crippen LogP contribution in [-0.4, -0.2) is 5.11 Å². The second-order valence-corrected chi connectivity index (χ2v) is 3.46. The SMILES string of the molecule is N[C@@H]1CCCc2c1ccc(F)c2O. The molecule has 2 nitrogen and oxygen atoms in total. The van der Waals surface area contributed by atoms with Crippen molar-refractivity contribution in [2.75, 3.05) is 0 Å². The van der Waals surface area contributed by atoms with Crippen molar-refractivity contribution in [2.24, 2.45) is 5.73 Å². The number of phenols is 1. The molecule has 1 aromatic carbocycles. The Balaban J connectivity index is 2.56. The number of phenolic OH excluding ortho intramolecular Hbond substituents is 1. The van der Waals surface area contributed by atoms with Gasteiger partial charge in [0, 0.05) is 11.6 Å². The van der Waals surface area contributed by atoms with Crippen LogP contribution in [0.2, 0.25) is 0 Å². The Hall–Kier alpha value is -1.09. The predicted molar refractivity (Wildman–Crippen MR) is 47.9 cm³/mol. The van der Waals surface area contributed by atoms with Crippen LogP contribution in [-0.2, 0) is 6.42 Å². The summed E-state index contributed by atoms with van der Waals surface area (Å²) in [4.78, 5) is 0. The molecule has 0 heterocycles. The molecule has 2 rings (SSSR count). The van der Waals surface area contributed by atoms with Crippen LogP contribution < -0.4 is 5.73 Å². The zero-order valence-corrected chi connectivity index (χ0v) is 7.26. The van der Waals surface area contributed by atoms with Crippen molar-refractivity contribution in [1.82, 2.24) is 0 Å². The van der Waals surface area contributed by atoms with Gasteiger partial charge < -0.3 is 10.8 Å². The number of fused-ring (bicyclic) bond motifs is 1. The summed E-state index contributed by atoms with van der Waals surface area (Å²) in [5, 5.41) is 9.43. The van der Waals surface area contributed by atoms with E-state index in [-0.39, 0.29) is 11.8 Å². The summed E-state index contributed by atoms with van der Waals surface area (Å²) in [5.41, 5.74) is 7.42. The number of nitrogens with two attached hydrogens (primary N) is 1. The van der Waals surface area contributed by atoms with Gasteiger partial charge in [-0.25, -0.2) is 4.39 Å². The highest BCUT2D eigenvalue weighted by Crippen LogP contribution is 2.34. The monoisotopic (exact) mass is 181 g/mol. The van der Waals surface area contributed by atoms with Crippen LogP contribution >= 0.6 is 0 Å². The Morgan fingerprint density at radius 3 is 3.00 bits per heavy atom. The van der Waals surface area contributed by atoms with E-state index in [4.69, 9.17) is 5.73 Å². The number of hydrogen-bond acceptors (Lipinski definition) is 2. The highest BCUT2D eigenvalue weighted by Gasteiger charge is 2.21. The van der Waals surface area contributed by atoms with Gasteiger partial charge >= 0.3 is 0 Å². The molecule has 0 amide bonds. The van der Waals surface area contributed by atoms with Crippen LogP contribution in [0.25, 0.3) is 0 Å². The van der Waals surface area contributed by atoms with E-state index in [9.17, 15) is 9.50 Å². The van der Waals surface area contributed by atoms with Crippen LogP contribution in [0.4, 0.5) is 4.39 Å². The smallest absolute Gasteiger partial charge is 0.165 e. The number of halogens is 1. The third-order valence-corrected chi connectivity index (χ3v) is 2.61. The fraction of sp³-hybridized carbons (Fsp3) is 0.400. The zero-order chi connectivity index (χ0) is 9.42. The largest absolute Gasteiger partial charge is 0.505 e. The fourth-order valence-electron chi connectivity index (χ4n) is 1.89. The molecule has 13 heavy (non-hydrogen) atoms. The maximum atomic E-state index is 12.9. The maximum absolute atomic E-state index is 12.9. The van der Waals surface area contributed by atoms with Crippen LogP contribution in [0.5, 0.6) is 5.75 Å². The molecule has 1 aliphatic rings. The molecule has 1 aromatic rings. The third kappa shape index (κ3) is 1.29. The number of aromatic hydroxyl groups is 1. The van der Waals surface area contributed by atoms with Crippen LogP contribution in [0.3, 0.4) is 0 Å². The van der Waals surface area contributed by atoms with Crippen LogP contribution in [0.15, 0.2) is 12.1 Å². The molecule has 0 radical (unpaired) electrons. The van der Waals surface area contributed by atoms with Crippen molar-refractivity contribution < 1.29 is 9.50 Å². The molecule has 3 heteroatoms. The van der Waals surface area contributed by atoms with Crippen molar-refractivity contribution in [3.05, 3.63) is 29.1 Å². The minimum absolute atomic E-state index is 0.0461. The van der Waals surface area contributed by atoms with Gasteiger partial charge in [-0.05, 0) is 30.9 Å².